The van der Waals surface area contributed by atoms with E-state index in [0.29, 0.717) is 32.2 Å². The molecule has 0 aromatic heterocycles. The Kier molecular flexibility index (Phi) is 7.28. The van der Waals surface area contributed by atoms with E-state index < -0.39 is 0 Å². The summed E-state index contributed by atoms with van der Waals surface area (Å²) in [5, 5.41) is 8.36. The van der Waals surface area contributed by atoms with E-state index >= 15 is 0 Å². The van der Waals surface area contributed by atoms with Crippen molar-refractivity contribution in [3.8, 4) is 0 Å². The summed E-state index contributed by atoms with van der Waals surface area (Å²) in [4.78, 5) is 25.3. The lowest BCUT2D eigenvalue weighted by molar-refractivity contribution is 0.107. The van der Waals surface area contributed by atoms with Gasteiger partial charge in [-0.25, -0.2) is 9.59 Å². The van der Waals surface area contributed by atoms with Crippen molar-refractivity contribution >= 4 is 12.1 Å². The molecule has 3 N–H and O–H groups in total. The summed E-state index contributed by atoms with van der Waals surface area (Å²) in [7, 11) is 1.58. The van der Waals surface area contributed by atoms with Crippen LogP contribution in [-0.4, -0.2) is 62.4 Å². The Morgan fingerprint density at radius 1 is 1.38 bits per heavy atom. The molecule has 2 atom stereocenters. The van der Waals surface area contributed by atoms with E-state index in [1.54, 1.807) is 11.9 Å². The van der Waals surface area contributed by atoms with Crippen LogP contribution in [0.1, 0.15) is 27.2 Å². The van der Waals surface area contributed by atoms with E-state index in [9.17, 15) is 9.59 Å². The molecule has 1 saturated heterocycles. The molecule has 7 heteroatoms. The third-order valence-electron chi connectivity index (χ3n) is 3.65. The van der Waals surface area contributed by atoms with Crippen molar-refractivity contribution in [2.75, 3.05) is 33.4 Å². The molecule has 0 aliphatic carbocycles. The van der Waals surface area contributed by atoms with E-state index in [-0.39, 0.29) is 24.1 Å². The number of carbonyl (C=O) groups is 2. The van der Waals surface area contributed by atoms with Crippen molar-refractivity contribution in [1.29, 1.82) is 0 Å². The molecule has 122 valence electrons. The van der Waals surface area contributed by atoms with Gasteiger partial charge >= 0.3 is 12.1 Å². The molecule has 1 heterocycles. The SMILES string of the molecule is CCOCC(NC(=O)N1CCC(NC(=O)NC)C1)C(C)C. The van der Waals surface area contributed by atoms with Crippen molar-refractivity contribution in [2.45, 2.75) is 39.3 Å². The zero-order valence-corrected chi connectivity index (χ0v) is 13.4. The lowest BCUT2D eigenvalue weighted by atomic mass is 10.1. The normalized spacial score (nSPS) is 19.5. The number of rotatable bonds is 6. The number of carbonyl (C=O) groups excluding carboxylic acids is 2. The van der Waals surface area contributed by atoms with E-state index in [2.05, 4.69) is 29.8 Å². The number of urea groups is 2. The molecule has 1 aliphatic rings. The fraction of sp³-hybridized carbons (Fsp3) is 0.857. The smallest absolute Gasteiger partial charge is 0.317 e. The van der Waals surface area contributed by atoms with Gasteiger partial charge in [0.2, 0.25) is 0 Å². The Hall–Kier alpha value is -1.50. The van der Waals surface area contributed by atoms with Gasteiger partial charge in [0.05, 0.1) is 12.6 Å². The Labute approximate surface area is 126 Å². The number of ether oxygens (including phenoxy) is 1. The van der Waals surface area contributed by atoms with Gasteiger partial charge in [-0.05, 0) is 19.3 Å². The molecule has 1 fully saturated rings. The van der Waals surface area contributed by atoms with E-state index in [4.69, 9.17) is 4.74 Å². The first kappa shape index (κ1) is 17.6. The summed E-state index contributed by atoms with van der Waals surface area (Å²) in [6.07, 6.45) is 0.776. The van der Waals surface area contributed by atoms with Crippen LogP contribution in [0.5, 0.6) is 0 Å². The second kappa shape index (κ2) is 8.71. The molecular weight excluding hydrogens is 272 g/mol. The van der Waals surface area contributed by atoms with Crippen molar-refractivity contribution in [2.24, 2.45) is 5.92 Å². The highest BCUT2D eigenvalue weighted by molar-refractivity contribution is 5.76. The van der Waals surface area contributed by atoms with Crippen LogP contribution < -0.4 is 16.0 Å². The van der Waals surface area contributed by atoms with Crippen LogP contribution in [0.15, 0.2) is 0 Å². The molecule has 7 nitrogen and oxygen atoms in total. The molecule has 0 spiro atoms. The van der Waals surface area contributed by atoms with Crippen molar-refractivity contribution in [1.82, 2.24) is 20.9 Å². The predicted molar refractivity (Wildman–Crippen MR) is 81.2 cm³/mol. The quantitative estimate of drug-likeness (QED) is 0.677. The minimum Gasteiger partial charge on any atom is -0.380 e. The Morgan fingerprint density at radius 3 is 2.67 bits per heavy atom. The summed E-state index contributed by atoms with van der Waals surface area (Å²) >= 11 is 0. The van der Waals surface area contributed by atoms with Crippen molar-refractivity contribution in [3.63, 3.8) is 0 Å². The molecular formula is C14H28N4O3. The first-order valence-electron chi connectivity index (χ1n) is 7.59. The van der Waals surface area contributed by atoms with Gasteiger partial charge in [0.15, 0.2) is 0 Å². The van der Waals surface area contributed by atoms with Crippen LogP contribution in [0.4, 0.5) is 9.59 Å². The van der Waals surface area contributed by atoms with Gasteiger partial charge in [-0.2, -0.15) is 0 Å². The molecule has 2 unspecified atom stereocenters. The zero-order chi connectivity index (χ0) is 15.8. The molecule has 0 saturated carbocycles. The zero-order valence-electron chi connectivity index (χ0n) is 13.4. The highest BCUT2D eigenvalue weighted by Crippen LogP contribution is 2.11. The summed E-state index contributed by atoms with van der Waals surface area (Å²) in [5.74, 6) is 0.308. The van der Waals surface area contributed by atoms with Gasteiger partial charge in [0, 0.05) is 32.8 Å². The molecule has 1 aliphatic heterocycles. The number of nitrogens with zero attached hydrogens (tertiary/aromatic N) is 1. The minimum absolute atomic E-state index is 0.00315. The first-order valence-corrected chi connectivity index (χ1v) is 7.59. The standard InChI is InChI=1S/C14H28N4O3/c1-5-21-9-12(10(2)3)17-14(20)18-7-6-11(8-18)16-13(19)15-4/h10-12H,5-9H2,1-4H3,(H,17,20)(H2,15,16,19). The maximum atomic E-state index is 12.3. The Bertz CT molecular complexity index is 349. The van der Waals surface area contributed by atoms with Gasteiger partial charge in [-0.3, -0.25) is 0 Å². The van der Waals surface area contributed by atoms with E-state index in [1.807, 2.05) is 6.92 Å². The van der Waals surface area contributed by atoms with Gasteiger partial charge < -0.3 is 25.6 Å². The first-order chi connectivity index (χ1) is 9.97. The van der Waals surface area contributed by atoms with Crippen LogP contribution in [0.25, 0.3) is 0 Å². The Balaban J connectivity index is 2.42. The molecule has 1 rings (SSSR count). The minimum atomic E-state index is -0.210. The second-order valence-electron chi connectivity index (χ2n) is 5.61. The summed E-state index contributed by atoms with van der Waals surface area (Å²) < 4.78 is 5.41. The van der Waals surface area contributed by atoms with Crippen LogP contribution in [0, 0.1) is 5.92 Å². The molecule has 0 bridgehead atoms. The van der Waals surface area contributed by atoms with Crippen LogP contribution in [-0.2, 0) is 4.74 Å². The van der Waals surface area contributed by atoms with Crippen LogP contribution >= 0.6 is 0 Å². The lowest BCUT2D eigenvalue weighted by Gasteiger charge is -2.25. The number of likely N-dealkylation sites (tertiary alicyclic amines) is 1. The maximum Gasteiger partial charge on any atom is 0.317 e. The summed E-state index contributed by atoms with van der Waals surface area (Å²) in [6, 6.07) is -0.281. The lowest BCUT2D eigenvalue weighted by Crippen LogP contribution is -2.49. The summed E-state index contributed by atoms with van der Waals surface area (Å²) in [6.45, 7) is 8.41. The molecule has 21 heavy (non-hydrogen) atoms. The number of nitrogens with one attached hydrogen (secondary N) is 3. The van der Waals surface area contributed by atoms with Gasteiger partial charge in [0.25, 0.3) is 0 Å². The third-order valence-corrected chi connectivity index (χ3v) is 3.65. The predicted octanol–water partition coefficient (Wildman–Crippen LogP) is 0.760. The fourth-order valence-corrected chi connectivity index (χ4v) is 2.22. The van der Waals surface area contributed by atoms with Gasteiger partial charge in [0.1, 0.15) is 0 Å². The van der Waals surface area contributed by atoms with Crippen molar-refractivity contribution in [3.05, 3.63) is 0 Å². The van der Waals surface area contributed by atoms with E-state index in [0.717, 1.165) is 6.42 Å². The molecule has 0 radical (unpaired) electrons. The molecule has 4 amide bonds. The average molecular weight is 300 g/mol. The monoisotopic (exact) mass is 300 g/mol. The largest absolute Gasteiger partial charge is 0.380 e. The number of amides is 4. The van der Waals surface area contributed by atoms with Crippen molar-refractivity contribution < 1.29 is 14.3 Å². The maximum absolute atomic E-state index is 12.3. The molecule has 0 aromatic carbocycles. The van der Waals surface area contributed by atoms with Crippen LogP contribution in [0.3, 0.4) is 0 Å². The van der Waals surface area contributed by atoms with Gasteiger partial charge in [-0.1, -0.05) is 13.8 Å². The Morgan fingerprint density at radius 2 is 2.10 bits per heavy atom. The van der Waals surface area contributed by atoms with Gasteiger partial charge in [-0.15, -0.1) is 0 Å². The summed E-state index contributed by atoms with van der Waals surface area (Å²) in [5.41, 5.74) is 0. The third kappa shape index (κ3) is 5.79. The molecule has 0 aromatic rings. The number of hydrogen-bond acceptors (Lipinski definition) is 3. The van der Waals surface area contributed by atoms with Crippen LogP contribution in [0.2, 0.25) is 0 Å². The average Bonchev–Trinajstić information content (AvgIpc) is 2.91. The second-order valence-corrected chi connectivity index (χ2v) is 5.61. The van der Waals surface area contributed by atoms with E-state index in [1.165, 1.54) is 0 Å². The topological polar surface area (TPSA) is 82.7 Å². The highest BCUT2D eigenvalue weighted by Gasteiger charge is 2.28. The fourth-order valence-electron chi connectivity index (χ4n) is 2.22. The highest BCUT2D eigenvalue weighted by atomic mass is 16.5. The number of hydrogen-bond donors (Lipinski definition) is 3.